The van der Waals surface area contributed by atoms with Gasteiger partial charge in [0.15, 0.2) is 11.6 Å². The van der Waals surface area contributed by atoms with E-state index in [4.69, 9.17) is 10.2 Å². The molecule has 0 heterocycles. The SMILES string of the molecule is CCCCC(=O)C(NC(=O)C#CC(=O)O)C(NC(=O)C#CC(=O)O)C(=O)CC. The Kier molecular flexibility index (Phi) is 11.0. The van der Waals surface area contributed by atoms with Crippen molar-refractivity contribution >= 4 is 35.3 Å². The van der Waals surface area contributed by atoms with E-state index in [9.17, 15) is 28.8 Å². The first-order chi connectivity index (χ1) is 13.1. The molecule has 0 saturated carbocycles. The summed E-state index contributed by atoms with van der Waals surface area (Å²) in [5.41, 5.74) is 0. The molecule has 0 aromatic heterocycles. The van der Waals surface area contributed by atoms with Crippen LogP contribution in [0, 0.1) is 23.7 Å². The highest BCUT2D eigenvalue weighted by Crippen LogP contribution is 2.07. The zero-order valence-electron chi connectivity index (χ0n) is 15.3. The van der Waals surface area contributed by atoms with Gasteiger partial charge in [-0.15, -0.1) is 0 Å². The van der Waals surface area contributed by atoms with Gasteiger partial charge in [0.25, 0.3) is 11.8 Å². The molecule has 2 unspecified atom stereocenters. The molecular formula is C18H20N2O8. The van der Waals surface area contributed by atoms with E-state index in [1.165, 1.54) is 6.92 Å². The third kappa shape index (κ3) is 9.73. The number of carbonyl (C=O) groups is 6. The molecule has 0 radical (unpaired) electrons. The quantitative estimate of drug-likeness (QED) is 0.358. The molecule has 10 heteroatoms. The Labute approximate surface area is 161 Å². The normalized spacial score (nSPS) is 11.4. The highest BCUT2D eigenvalue weighted by molar-refractivity contribution is 6.06. The predicted octanol–water partition coefficient (Wildman–Crippen LogP) is -1.13. The fourth-order valence-corrected chi connectivity index (χ4v) is 2.00. The second-order valence-electron chi connectivity index (χ2n) is 5.40. The van der Waals surface area contributed by atoms with Gasteiger partial charge in [0, 0.05) is 36.5 Å². The van der Waals surface area contributed by atoms with Gasteiger partial charge >= 0.3 is 11.9 Å². The van der Waals surface area contributed by atoms with E-state index in [-0.39, 0.29) is 12.8 Å². The summed E-state index contributed by atoms with van der Waals surface area (Å²) >= 11 is 0. The van der Waals surface area contributed by atoms with Crippen molar-refractivity contribution in [3.63, 3.8) is 0 Å². The van der Waals surface area contributed by atoms with Crippen LogP contribution in [-0.4, -0.2) is 57.6 Å². The Morgan fingerprint density at radius 3 is 1.54 bits per heavy atom. The molecule has 0 rings (SSSR count). The molecule has 2 atom stereocenters. The first-order valence-electron chi connectivity index (χ1n) is 8.28. The zero-order valence-corrected chi connectivity index (χ0v) is 15.3. The van der Waals surface area contributed by atoms with E-state index in [2.05, 4.69) is 10.6 Å². The number of ketones is 2. The van der Waals surface area contributed by atoms with Crippen molar-refractivity contribution in [1.29, 1.82) is 0 Å². The maximum atomic E-state index is 12.5. The molecule has 0 spiro atoms. The van der Waals surface area contributed by atoms with E-state index in [1.807, 2.05) is 6.92 Å². The minimum absolute atomic E-state index is 0.0159. The summed E-state index contributed by atoms with van der Waals surface area (Å²) in [6.45, 7) is 3.28. The number of carboxylic acids is 2. The van der Waals surface area contributed by atoms with Gasteiger partial charge < -0.3 is 20.8 Å². The van der Waals surface area contributed by atoms with Gasteiger partial charge in [-0.1, -0.05) is 20.3 Å². The molecule has 10 nitrogen and oxygen atoms in total. The molecule has 0 aliphatic heterocycles. The number of hydrogen-bond donors (Lipinski definition) is 4. The van der Waals surface area contributed by atoms with Gasteiger partial charge in [-0.3, -0.25) is 19.2 Å². The Morgan fingerprint density at radius 1 is 0.750 bits per heavy atom. The number of hydrogen-bond acceptors (Lipinski definition) is 6. The van der Waals surface area contributed by atoms with Crippen LogP contribution in [0.3, 0.4) is 0 Å². The lowest BCUT2D eigenvalue weighted by Crippen LogP contribution is -2.58. The summed E-state index contributed by atoms with van der Waals surface area (Å²) in [6, 6.07) is -3.02. The number of unbranched alkanes of at least 4 members (excludes halogenated alkanes) is 1. The van der Waals surface area contributed by atoms with Gasteiger partial charge in [-0.2, -0.15) is 0 Å². The second-order valence-corrected chi connectivity index (χ2v) is 5.40. The van der Waals surface area contributed by atoms with E-state index in [0.717, 1.165) is 0 Å². The Morgan fingerprint density at radius 2 is 1.18 bits per heavy atom. The molecule has 0 aromatic carbocycles. The van der Waals surface area contributed by atoms with Crippen molar-refractivity contribution < 1.29 is 39.0 Å². The largest absolute Gasteiger partial charge is 0.472 e. The molecule has 150 valence electrons. The lowest BCUT2D eigenvalue weighted by molar-refractivity contribution is -0.132. The second kappa shape index (κ2) is 12.7. The Balaban J connectivity index is 5.76. The fourth-order valence-electron chi connectivity index (χ4n) is 2.00. The van der Waals surface area contributed by atoms with Gasteiger partial charge in [-0.05, 0) is 6.42 Å². The number of amides is 2. The van der Waals surface area contributed by atoms with E-state index in [0.29, 0.717) is 12.8 Å². The average molecular weight is 392 g/mol. The predicted molar refractivity (Wildman–Crippen MR) is 94.5 cm³/mol. The van der Waals surface area contributed by atoms with Crippen LogP contribution in [0.1, 0.15) is 39.5 Å². The molecule has 0 saturated heterocycles. The van der Waals surface area contributed by atoms with Crippen molar-refractivity contribution in [2.45, 2.75) is 51.6 Å². The van der Waals surface area contributed by atoms with Gasteiger partial charge in [0.05, 0.1) is 0 Å². The van der Waals surface area contributed by atoms with Crippen molar-refractivity contribution in [3.8, 4) is 23.7 Å². The Bertz CT molecular complexity index is 779. The smallest absolute Gasteiger partial charge is 0.382 e. The zero-order chi connectivity index (χ0) is 21.7. The van der Waals surface area contributed by atoms with Crippen LogP contribution in [0.25, 0.3) is 0 Å². The molecule has 2 amide bonds. The van der Waals surface area contributed by atoms with Crippen molar-refractivity contribution in [3.05, 3.63) is 0 Å². The first-order valence-corrected chi connectivity index (χ1v) is 8.28. The fraction of sp³-hybridized carbons (Fsp3) is 0.444. The van der Waals surface area contributed by atoms with Crippen LogP contribution >= 0.6 is 0 Å². The highest BCUT2D eigenvalue weighted by atomic mass is 16.4. The van der Waals surface area contributed by atoms with Crippen molar-refractivity contribution in [2.24, 2.45) is 0 Å². The summed E-state index contributed by atoms with van der Waals surface area (Å²) in [6.07, 6.45) is 0.976. The van der Waals surface area contributed by atoms with Gasteiger partial charge in [0.2, 0.25) is 0 Å². The van der Waals surface area contributed by atoms with Crippen LogP contribution in [0.2, 0.25) is 0 Å². The summed E-state index contributed by atoms with van der Waals surface area (Å²) in [4.78, 5) is 69.2. The van der Waals surface area contributed by atoms with Crippen LogP contribution in [-0.2, 0) is 28.8 Å². The van der Waals surface area contributed by atoms with Crippen molar-refractivity contribution in [1.82, 2.24) is 10.6 Å². The lowest BCUT2D eigenvalue weighted by Gasteiger charge is -2.25. The molecule has 0 aliphatic rings. The minimum atomic E-state index is -1.57. The van der Waals surface area contributed by atoms with Crippen LogP contribution in [0.15, 0.2) is 0 Å². The number of aliphatic carboxylic acids is 2. The molecule has 0 aromatic rings. The summed E-state index contributed by atoms with van der Waals surface area (Å²) in [7, 11) is 0. The monoisotopic (exact) mass is 392 g/mol. The van der Waals surface area contributed by atoms with E-state index >= 15 is 0 Å². The molecular weight excluding hydrogens is 372 g/mol. The number of carbonyl (C=O) groups excluding carboxylic acids is 4. The third-order valence-corrected chi connectivity index (χ3v) is 3.29. The van der Waals surface area contributed by atoms with Crippen LogP contribution < -0.4 is 10.6 Å². The van der Waals surface area contributed by atoms with Crippen LogP contribution in [0.5, 0.6) is 0 Å². The van der Waals surface area contributed by atoms with Gasteiger partial charge in [-0.25, -0.2) is 9.59 Å². The number of rotatable bonds is 9. The maximum Gasteiger partial charge on any atom is 0.382 e. The van der Waals surface area contributed by atoms with E-state index in [1.54, 1.807) is 23.7 Å². The number of nitrogens with one attached hydrogen (secondary N) is 2. The third-order valence-electron chi connectivity index (χ3n) is 3.29. The van der Waals surface area contributed by atoms with Gasteiger partial charge in [0.1, 0.15) is 12.1 Å². The average Bonchev–Trinajstić information content (AvgIpc) is 2.64. The first kappa shape index (κ1) is 24.3. The molecule has 0 fully saturated rings. The standard InChI is InChI=1S/C18H20N2O8/c1-3-5-6-12(22)18(20-14(24)8-10-16(27)28)17(11(21)4-2)19-13(23)7-9-15(25)26/h17-18H,3-6H2,1-2H3,(H,19,23)(H,20,24)(H,25,26)(H,27,28). The van der Waals surface area contributed by atoms with Crippen molar-refractivity contribution in [2.75, 3.05) is 0 Å². The van der Waals surface area contributed by atoms with E-state index < -0.39 is 47.4 Å². The highest BCUT2D eigenvalue weighted by Gasteiger charge is 2.34. The number of Topliss-reactive ketones (excluding diaryl/α,β-unsaturated/α-hetero) is 2. The molecule has 4 N–H and O–H groups in total. The summed E-state index contributed by atoms with van der Waals surface area (Å²) < 4.78 is 0. The molecule has 0 bridgehead atoms. The summed E-state index contributed by atoms with van der Waals surface area (Å²) in [5, 5.41) is 21.2. The Hall–Kier alpha value is -3.66. The number of carboxylic acid groups (broad SMARTS) is 2. The topological polar surface area (TPSA) is 167 Å². The summed E-state index contributed by atoms with van der Waals surface area (Å²) in [5.74, 6) is 0.0354. The lowest BCUT2D eigenvalue weighted by atomic mass is 9.95. The molecule has 0 aliphatic carbocycles. The minimum Gasteiger partial charge on any atom is -0.472 e. The van der Waals surface area contributed by atoms with Crippen LogP contribution in [0.4, 0.5) is 0 Å². The maximum absolute atomic E-state index is 12.5. The molecule has 28 heavy (non-hydrogen) atoms.